The van der Waals surface area contributed by atoms with Crippen molar-refractivity contribution in [2.75, 3.05) is 6.61 Å². The Kier molecular flexibility index (Phi) is 4.10. The number of allylic oxidation sites excluding steroid dienone is 1. The Hall–Kier alpha value is -1.57. The molecule has 0 saturated carbocycles. The third kappa shape index (κ3) is 2.94. The Morgan fingerprint density at radius 2 is 1.93 bits per heavy atom. The van der Waals surface area contributed by atoms with Crippen molar-refractivity contribution >= 4 is 11.5 Å². The van der Waals surface area contributed by atoms with E-state index in [9.17, 15) is 4.79 Å². The molecule has 80 valence electrons. The molecular weight excluding hydrogens is 188 g/mol. The normalized spacial score (nSPS) is 11.3. The molecule has 0 aliphatic rings. The van der Waals surface area contributed by atoms with Gasteiger partial charge in [-0.15, -0.1) is 0 Å². The maximum atomic E-state index is 11.6. The fraction of sp³-hybridized carbons (Fsp3) is 0.308. The molecule has 0 amide bonds. The van der Waals surface area contributed by atoms with Gasteiger partial charge in [0.15, 0.2) is 0 Å². The second kappa shape index (κ2) is 5.35. The van der Waals surface area contributed by atoms with E-state index in [0.29, 0.717) is 12.2 Å². The van der Waals surface area contributed by atoms with Crippen molar-refractivity contribution in [2.45, 2.75) is 20.8 Å². The summed E-state index contributed by atoms with van der Waals surface area (Å²) in [4.78, 5) is 11.6. The number of esters is 1. The summed E-state index contributed by atoms with van der Waals surface area (Å²) in [5.41, 5.74) is 2.71. The molecular formula is C13H16O2. The van der Waals surface area contributed by atoms with Crippen LogP contribution in [0.1, 0.15) is 25.0 Å². The summed E-state index contributed by atoms with van der Waals surface area (Å²) < 4.78 is 4.97. The van der Waals surface area contributed by atoms with Gasteiger partial charge in [-0.2, -0.15) is 0 Å². The average molecular weight is 204 g/mol. The zero-order valence-electron chi connectivity index (χ0n) is 9.41. The lowest BCUT2D eigenvalue weighted by Gasteiger charge is -2.06. The van der Waals surface area contributed by atoms with Gasteiger partial charge >= 0.3 is 5.97 Å². The summed E-state index contributed by atoms with van der Waals surface area (Å²) in [6, 6.07) is 7.83. The number of hydrogen-bond donors (Lipinski definition) is 0. The molecule has 0 radical (unpaired) electrons. The van der Waals surface area contributed by atoms with E-state index in [1.54, 1.807) is 13.0 Å². The van der Waals surface area contributed by atoms with Crippen LogP contribution in [-0.2, 0) is 9.53 Å². The van der Waals surface area contributed by atoms with Crippen molar-refractivity contribution in [3.05, 3.63) is 41.5 Å². The molecule has 1 aromatic rings. The molecule has 2 heteroatoms. The molecule has 0 heterocycles. The number of hydrogen-bond acceptors (Lipinski definition) is 2. The first-order chi connectivity index (χ1) is 7.19. The number of ether oxygens (including phenoxy) is 1. The second-order valence-electron chi connectivity index (χ2n) is 3.29. The number of carbonyl (C=O) groups excluding carboxylic acids is 1. The highest BCUT2D eigenvalue weighted by Gasteiger charge is 2.11. The second-order valence-corrected chi connectivity index (χ2v) is 3.29. The third-order valence-electron chi connectivity index (χ3n) is 2.15. The molecule has 0 N–H and O–H groups in total. The first-order valence-electron chi connectivity index (χ1n) is 5.09. The molecule has 0 aliphatic carbocycles. The molecule has 1 rings (SSSR count). The highest BCUT2D eigenvalue weighted by atomic mass is 16.5. The van der Waals surface area contributed by atoms with Crippen molar-refractivity contribution in [3.63, 3.8) is 0 Å². The SMILES string of the molecule is CC=C(C(=O)OCC)c1ccc(C)cc1. The molecule has 0 saturated heterocycles. The minimum Gasteiger partial charge on any atom is -0.462 e. The Morgan fingerprint density at radius 1 is 1.33 bits per heavy atom. The van der Waals surface area contributed by atoms with Crippen molar-refractivity contribution in [1.82, 2.24) is 0 Å². The highest BCUT2D eigenvalue weighted by molar-refractivity contribution is 6.16. The van der Waals surface area contributed by atoms with Gasteiger partial charge < -0.3 is 4.74 Å². The standard InChI is InChI=1S/C13H16O2/c1-4-12(13(14)15-5-2)11-8-6-10(3)7-9-11/h4,6-9H,5H2,1-3H3. The Morgan fingerprint density at radius 3 is 2.40 bits per heavy atom. The monoisotopic (exact) mass is 204 g/mol. The van der Waals surface area contributed by atoms with Crippen LogP contribution in [0.3, 0.4) is 0 Å². The lowest BCUT2D eigenvalue weighted by atomic mass is 10.0. The van der Waals surface area contributed by atoms with Crippen LogP contribution in [0.25, 0.3) is 5.57 Å². The van der Waals surface area contributed by atoms with Gasteiger partial charge in [-0.3, -0.25) is 0 Å². The maximum absolute atomic E-state index is 11.6. The largest absolute Gasteiger partial charge is 0.462 e. The van der Waals surface area contributed by atoms with E-state index in [1.165, 1.54) is 5.56 Å². The molecule has 15 heavy (non-hydrogen) atoms. The van der Waals surface area contributed by atoms with Gasteiger partial charge in [0.25, 0.3) is 0 Å². The molecule has 0 unspecified atom stereocenters. The van der Waals surface area contributed by atoms with Crippen LogP contribution in [0, 0.1) is 6.92 Å². The zero-order chi connectivity index (χ0) is 11.3. The quantitative estimate of drug-likeness (QED) is 0.559. The topological polar surface area (TPSA) is 26.3 Å². The van der Waals surface area contributed by atoms with E-state index >= 15 is 0 Å². The van der Waals surface area contributed by atoms with E-state index < -0.39 is 0 Å². The average Bonchev–Trinajstić information content (AvgIpc) is 2.22. The highest BCUT2D eigenvalue weighted by Crippen LogP contribution is 2.16. The molecule has 0 spiro atoms. The van der Waals surface area contributed by atoms with E-state index in [1.807, 2.05) is 38.1 Å². The predicted octanol–water partition coefficient (Wildman–Crippen LogP) is 2.96. The van der Waals surface area contributed by atoms with Crippen LogP contribution in [-0.4, -0.2) is 12.6 Å². The third-order valence-corrected chi connectivity index (χ3v) is 2.15. The lowest BCUT2D eigenvalue weighted by molar-refractivity contribution is -0.136. The summed E-state index contributed by atoms with van der Waals surface area (Å²) in [7, 11) is 0. The Labute approximate surface area is 90.6 Å². The number of carbonyl (C=O) groups is 1. The van der Waals surface area contributed by atoms with Crippen molar-refractivity contribution < 1.29 is 9.53 Å². The first-order valence-corrected chi connectivity index (χ1v) is 5.09. The Bertz CT molecular complexity index is 361. The number of rotatable bonds is 3. The van der Waals surface area contributed by atoms with E-state index in [0.717, 1.165) is 5.56 Å². The lowest BCUT2D eigenvalue weighted by Crippen LogP contribution is -2.06. The smallest absolute Gasteiger partial charge is 0.338 e. The summed E-state index contributed by atoms with van der Waals surface area (Å²) in [5.74, 6) is -0.260. The van der Waals surface area contributed by atoms with Crippen LogP contribution in [0.5, 0.6) is 0 Å². The molecule has 0 aliphatic heterocycles. The fourth-order valence-corrected chi connectivity index (χ4v) is 1.34. The molecule has 1 aromatic carbocycles. The van der Waals surface area contributed by atoms with Gasteiger partial charge in [0.2, 0.25) is 0 Å². The minimum atomic E-state index is -0.260. The van der Waals surface area contributed by atoms with Gasteiger partial charge in [-0.05, 0) is 26.3 Å². The number of benzene rings is 1. The summed E-state index contributed by atoms with van der Waals surface area (Å²) in [5, 5.41) is 0. The van der Waals surface area contributed by atoms with Crippen molar-refractivity contribution in [3.8, 4) is 0 Å². The zero-order valence-corrected chi connectivity index (χ0v) is 9.41. The van der Waals surface area contributed by atoms with Crippen LogP contribution in [0.15, 0.2) is 30.3 Å². The summed E-state index contributed by atoms with van der Waals surface area (Å²) >= 11 is 0. The van der Waals surface area contributed by atoms with Crippen LogP contribution >= 0.6 is 0 Å². The van der Waals surface area contributed by atoms with Gasteiger partial charge in [-0.25, -0.2) is 4.79 Å². The maximum Gasteiger partial charge on any atom is 0.338 e. The fourth-order valence-electron chi connectivity index (χ4n) is 1.34. The molecule has 2 nitrogen and oxygen atoms in total. The Balaban J connectivity index is 2.94. The van der Waals surface area contributed by atoms with Gasteiger partial charge in [0, 0.05) is 0 Å². The first kappa shape index (κ1) is 11.5. The number of aryl methyl sites for hydroxylation is 1. The van der Waals surface area contributed by atoms with Crippen molar-refractivity contribution in [2.24, 2.45) is 0 Å². The molecule has 0 fully saturated rings. The van der Waals surface area contributed by atoms with E-state index in [-0.39, 0.29) is 5.97 Å². The minimum absolute atomic E-state index is 0.260. The van der Waals surface area contributed by atoms with Gasteiger partial charge in [0.05, 0.1) is 12.2 Å². The van der Waals surface area contributed by atoms with Crippen molar-refractivity contribution in [1.29, 1.82) is 0 Å². The molecule has 0 atom stereocenters. The summed E-state index contributed by atoms with van der Waals surface area (Å²) in [6.45, 7) is 6.07. The van der Waals surface area contributed by atoms with Gasteiger partial charge in [-0.1, -0.05) is 35.9 Å². The molecule has 0 aromatic heterocycles. The van der Waals surface area contributed by atoms with Crippen LogP contribution < -0.4 is 0 Å². The predicted molar refractivity (Wildman–Crippen MR) is 61.5 cm³/mol. The van der Waals surface area contributed by atoms with Crippen LogP contribution in [0.4, 0.5) is 0 Å². The molecule has 0 bridgehead atoms. The van der Waals surface area contributed by atoms with E-state index in [2.05, 4.69) is 0 Å². The van der Waals surface area contributed by atoms with Gasteiger partial charge in [0.1, 0.15) is 0 Å². The van der Waals surface area contributed by atoms with E-state index in [4.69, 9.17) is 4.74 Å². The summed E-state index contributed by atoms with van der Waals surface area (Å²) in [6.07, 6.45) is 1.78. The van der Waals surface area contributed by atoms with Crippen LogP contribution in [0.2, 0.25) is 0 Å².